The lowest BCUT2D eigenvalue weighted by molar-refractivity contribution is 0.364. The minimum atomic E-state index is -3.62. The van der Waals surface area contributed by atoms with Crippen LogP contribution in [0.2, 0.25) is 0 Å². The lowest BCUT2D eigenvalue weighted by Crippen LogP contribution is -2.36. The van der Waals surface area contributed by atoms with E-state index >= 15 is 0 Å². The Labute approximate surface area is 140 Å². The number of nitrogens with zero attached hydrogens (tertiary/aromatic N) is 1. The van der Waals surface area contributed by atoms with Gasteiger partial charge in [0.2, 0.25) is 0 Å². The number of allylic oxidation sites excluding steroid dienone is 5. The number of hydrazine groups is 1. The van der Waals surface area contributed by atoms with Gasteiger partial charge in [-0.25, -0.2) is 13.4 Å². The topological polar surface area (TPSA) is 49.4 Å². The Morgan fingerprint density at radius 3 is 2.55 bits per heavy atom. The number of benzene rings is 1. The first-order chi connectivity index (χ1) is 10.3. The van der Waals surface area contributed by atoms with Gasteiger partial charge in [0.1, 0.15) is 0 Å². The van der Waals surface area contributed by atoms with Crippen LogP contribution >= 0.6 is 15.9 Å². The third-order valence-electron chi connectivity index (χ3n) is 3.25. The molecule has 0 aliphatic heterocycles. The molecule has 0 fully saturated rings. The molecule has 1 aromatic rings. The molecule has 1 aliphatic rings. The van der Waals surface area contributed by atoms with Crippen molar-refractivity contribution in [2.24, 2.45) is 0 Å². The Kier molecular flexibility index (Phi) is 5.39. The number of alkyl halides is 1. The minimum Gasteiger partial charge on any atom is -0.237 e. The van der Waals surface area contributed by atoms with Crippen molar-refractivity contribution in [3.63, 3.8) is 0 Å². The zero-order valence-electron chi connectivity index (χ0n) is 12.6. The maximum atomic E-state index is 12.5. The zero-order chi connectivity index (χ0) is 16.3. The monoisotopic (exact) mass is 382 g/mol. The third kappa shape index (κ3) is 3.76. The summed E-state index contributed by atoms with van der Waals surface area (Å²) < 4.78 is 25.0. The molecule has 0 radical (unpaired) electrons. The highest BCUT2D eigenvalue weighted by Crippen LogP contribution is 2.34. The van der Waals surface area contributed by atoms with Crippen molar-refractivity contribution in [3.8, 4) is 0 Å². The van der Waals surface area contributed by atoms with E-state index < -0.39 is 10.0 Å². The van der Waals surface area contributed by atoms with Gasteiger partial charge >= 0.3 is 0 Å². The standard InChI is InChI=1S/C16H19BrN2O2S/c1-12-10-13(11-17)8-9-14(12)15-6-4-5-7-16(15)22(20,21)18-19(2)3/h4-9,18H,1,10-11H2,2-3H3. The first kappa shape index (κ1) is 17.1. The molecule has 118 valence electrons. The molecule has 4 nitrogen and oxygen atoms in total. The first-order valence-corrected chi connectivity index (χ1v) is 9.38. The van der Waals surface area contributed by atoms with E-state index in [2.05, 4.69) is 27.3 Å². The van der Waals surface area contributed by atoms with Gasteiger partial charge in [0.15, 0.2) is 0 Å². The maximum absolute atomic E-state index is 12.5. The number of rotatable bonds is 5. The van der Waals surface area contributed by atoms with Gasteiger partial charge in [-0.15, -0.1) is 4.83 Å². The molecule has 0 atom stereocenters. The number of hydrogen-bond acceptors (Lipinski definition) is 3. The van der Waals surface area contributed by atoms with Gasteiger partial charge < -0.3 is 0 Å². The molecule has 0 heterocycles. The van der Waals surface area contributed by atoms with Gasteiger partial charge in [-0.2, -0.15) is 0 Å². The highest BCUT2D eigenvalue weighted by molar-refractivity contribution is 9.09. The molecule has 0 saturated heterocycles. The number of hydrogen-bond donors (Lipinski definition) is 1. The molecule has 0 aromatic heterocycles. The minimum absolute atomic E-state index is 0.256. The Morgan fingerprint density at radius 2 is 1.95 bits per heavy atom. The van der Waals surface area contributed by atoms with Gasteiger partial charge in [-0.05, 0) is 23.6 Å². The summed E-state index contributed by atoms with van der Waals surface area (Å²) in [6.07, 6.45) is 4.69. The first-order valence-electron chi connectivity index (χ1n) is 6.78. The van der Waals surface area contributed by atoms with E-state index in [1.165, 1.54) is 10.6 Å². The van der Waals surface area contributed by atoms with Crippen molar-refractivity contribution in [2.75, 3.05) is 19.4 Å². The normalized spacial score (nSPS) is 15.7. The van der Waals surface area contributed by atoms with Crippen LogP contribution in [0, 0.1) is 0 Å². The second-order valence-corrected chi connectivity index (χ2v) is 7.49. The predicted molar refractivity (Wildman–Crippen MR) is 94.1 cm³/mol. The Hall–Kier alpha value is -1.21. The molecule has 1 aromatic carbocycles. The summed E-state index contributed by atoms with van der Waals surface area (Å²) in [5, 5.41) is 2.21. The lowest BCUT2D eigenvalue weighted by Gasteiger charge is -2.20. The van der Waals surface area contributed by atoms with E-state index in [1.807, 2.05) is 24.3 Å². The fraction of sp³-hybridized carbons (Fsp3) is 0.250. The maximum Gasteiger partial charge on any atom is 0.254 e. The van der Waals surface area contributed by atoms with Crippen molar-refractivity contribution < 1.29 is 8.42 Å². The highest BCUT2D eigenvalue weighted by Gasteiger charge is 2.22. The van der Waals surface area contributed by atoms with Crippen LogP contribution in [0.3, 0.4) is 0 Å². The molecule has 2 rings (SSSR count). The second kappa shape index (κ2) is 6.91. The van der Waals surface area contributed by atoms with E-state index in [0.717, 1.165) is 22.9 Å². The molecular weight excluding hydrogens is 364 g/mol. The Balaban J connectivity index is 2.53. The van der Waals surface area contributed by atoms with Crippen LogP contribution in [-0.4, -0.2) is 32.9 Å². The fourth-order valence-corrected chi connectivity index (χ4v) is 4.02. The van der Waals surface area contributed by atoms with E-state index in [0.29, 0.717) is 5.56 Å². The van der Waals surface area contributed by atoms with Crippen LogP contribution in [-0.2, 0) is 10.0 Å². The molecular formula is C16H19BrN2O2S. The lowest BCUT2D eigenvalue weighted by atomic mass is 9.90. The van der Waals surface area contributed by atoms with Crippen LogP contribution in [0.15, 0.2) is 59.0 Å². The molecule has 22 heavy (non-hydrogen) atoms. The van der Waals surface area contributed by atoms with E-state index in [9.17, 15) is 8.42 Å². The van der Waals surface area contributed by atoms with E-state index in [1.54, 1.807) is 26.2 Å². The van der Waals surface area contributed by atoms with Crippen LogP contribution in [0.4, 0.5) is 0 Å². The van der Waals surface area contributed by atoms with E-state index in [4.69, 9.17) is 0 Å². The Morgan fingerprint density at radius 1 is 1.27 bits per heavy atom. The SMILES string of the molecule is C=C1CC(CBr)=CC=C1c1ccccc1S(=O)(=O)NN(C)C. The van der Waals surface area contributed by atoms with Gasteiger partial charge in [-0.3, -0.25) is 0 Å². The molecule has 0 spiro atoms. The molecule has 0 bridgehead atoms. The molecule has 1 aliphatic carbocycles. The molecule has 1 N–H and O–H groups in total. The van der Waals surface area contributed by atoms with Crippen LogP contribution in [0.1, 0.15) is 12.0 Å². The predicted octanol–water partition coefficient (Wildman–Crippen LogP) is 3.11. The van der Waals surface area contributed by atoms with Crippen molar-refractivity contribution in [1.29, 1.82) is 0 Å². The average molecular weight is 383 g/mol. The van der Waals surface area contributed by atoms with Crippen LogP contribution in [0.25, 0.3) is 5.57 Å². The Bertz CT molecular complexity index is 749. The fourth-order valence-electron chi connectivity index (χ4n) is 2.33. The summed E-state index contributed by atoms with van der Waals surface area (Å²) in [4.78, 5) is 2.73. The van der Waals surface area contributed by atoms with Crippen molar-refractivity contribution >= 4 is 31.5 Å². The van der Waals surface area contributed by atoms with Gasteiger partial charge in [0, 0.05) is 25.0 Å². The summed E-state index contributed by atoms with van der Waals surface area (Å²) in [6, 6.07) is 6.98. The quantitative estimate of drug-likeness (QED) is 0.628. The molecule has 0 saturated carbocycles. The molecule has 6 heteroatoms. The van der Waals surface area contributed by atoms with Crippen molar-refractivity contribution in [1.82, 2.24) is 9.84 Å². The summed E-state index contributed by atoms with van der Waals surface area (Å²) >= 11 is 3.44. The zero-order valence-corrected chi connectivity index (χ0v) is 15.0. The third-order valence-corrected chi connectivity index (χ3v) is 5.51. The summed E-state index contributed by atoms with van der Waals surface area (Å²) in [7, 11) is -0.332. The van der Waals surface area contributed by atoms with Crippen LogP contribution in [0.5, 0.6) is 0 Å². The smallest absolute Gasteiger partial charge is 0.237 e. The summed E-state index contributed by atoms with van der Waals surface area (Å²) in [6.45, 7) is 4.10. The van der Waals surface area contributed by atoms with Crippen molar-refractivity contribution in [2.45, 2.75) is 11.3 Å². The highest BCUT2D eigenvalue weighted by atomic mass is 79.9. The largest absolute Gasteiger partial charge is 0.254 e. The number of sulfonamides is 1. The van der Waals surface area contributed by atoms with Gasteiger partial charge in [0.25, 0.3) is 10.0 Å². The molecule has 0 unspecified atom stereocenters. The number of halogens is 1. The second-order valence-electron chi connectivity index (χ2n) is 5.30. The van der Waals surface area contributed by atoms with Crippen molar-refractivity contribution in [3.05, 3.63) is 59.7 Å². The molecule has 0 amide bonds. The summed E-state index contributed by atoms with van der Waals surface area (Å²) in [5.74, 6) is 0. The summed E-state index contributed by atoms with van der Waals surface area (Å²) in [5.41, 5.74) is 3.68. The van der Waals surface area contributed by atoms with Crippen LogP contribution < -0.4 is 4.83 Å². The average Bonchev–Trinajstić information content (AvgIpc) is 2.46. The number of nitrogens with one attached hydrogen (secondary N) is 1. The van der Waals surface area contributed by atoms with Gasteiger partial charge in [0.05, 0.1) is 4.90 Å². The van der Waals surface area contributed by atoms with Gasteiger partial charge in [-0.1, -0.05) is 58.4 Å². The van der Waals surface area contributed by atoms with E-state index in [-0.39, 0.29) is 4.90 Å².